The average molecular weight is 190 g/mol. The Kier molecular flexibility index (Phi) is 2.11. The molecule has 0 fully saturated rings. The lowest BCUT2D eigenvalue weighted by Crippen LogP contribution is -2.15. The molecule has 2 heterocycles. The highest BCUT2D eigenvalue weighted by atomic mass is 15.2. The number of anilines is 1. The number of hydrogen-bond donors (Lipinski definition) is 3. The summed E-state index contributed by atoms with van der Waals surface area (Å²) >= 11 is 0. The summed E-state index contributed by atoms with van der Waals surface area (Å²) in [5.41, 5.74) is 13.0. The van der Waals surface area contributed by atoms with Crippen LogP contribution in [0, 0.1) is 0 Å². The van der Waals surface area contributed by atoms with Crippen molar-refractivity contribution in [3.05, 3.63) is 36.2 Å². The minimum absolute atomic E-state index is 0.411. The maximum absolute atomic E-state index is 5.91. The van der Waals surface area contributed by atoms with Crippen LogP contribution in [0.1, 0.15) is 17.4 Å². The molecule has 2 aromatic rings. The van der Waals surface area contributed by atoms with Crippen LogP contribution in [0.2, 0.25) is 0 Å². The van der Waals surface area contributed by atoms with E-state index in [4.69, 9.17) is 11.5 Å². The predicted octanol–water partition coefficient (Wildman–Crippen LogP) is -0.170. The van der Waals surface area contributed by atoms with Crippen LogP contribution in [0.25, 0.3) is 0 Å². The SMILES string of the molecule is Nc1ccncc1C(N)c1ncn[nH]1. The fourth-order valence-corrected chi connectivity index (χ4v) is 1.19. The molecule has 0 aliphatic heterocycles. The molecule has 0 bridgehead atoms. The molecule has 0 saturated carbocycles. The second-order valence-electron chi connectivity index (χ2n) is 2.85. The molecule has 14 heavy (non-hydrogen) atoms. The number of nitrogens with two attached hydrogens (primary N) is 2. The molecule has 0 spiro atoms. The van der Waals surface area contributed by atoms with Gasteiger partial charge in [0, 0.05) is 23.6 Å². The fraction of sp³-hybridized carbons (Fsp3) is 0.125. The van der Waals surface area contributed by atoms with Crippen molar-refractivity contribution in [1.82, 2.24) is 20.2 Å². The fourth-order valence-electron chi connectivity index (χ4n) is 1.19. The van der Waals surface area contributed by atoms with Gasteiger partial charge < -0.3 is 11.5 Å². The number of hydrogen-bond acceptors (Lipinski definition) is 5. The van der Waals surface area contributed by atoms with E-state index >= 15 is 0 Å². The van der Waals surface area contributed by atoms with Crippen LogP contribution >= 0.6 is 0 Å². The van der Waals surface area contributed by atoms with Gasteiger partial charge in [0.25, 0.3) is 0 Å². The molecule has 6 heteroatoms. The van der Waals surface area contributed by atoms with Gasteiger partial charge in [0.05, 0.1) is 6.04 Å². The zero-order chi connectivity index (χ0) is 9.97. The smallest absolute Gasteiger partial charge is 0.145 e. The van der Waals surface area contributed by atoms with Crippen molar-refractivity contribution in [2.24, 2.45) is 5.73 Å². The normalized spacial score (nSPS) is 12.6. The quantitative estimate of drug-likeness (QED) is 0.609. The molecule has 1 atom stereocenters. The first-order valence-electron chi connectivity index (χ1n) is 4.09. The Morgan fingerprint density at radius 1 is 1.43 bits per heavy atom. The largest absolute Gasteiger partial charge is 0.398 e. The zero-order valence-corrected chi connectivity index (χ0v) is 7.38. The van der Waals surface area contributed by atoms with Gasteiger partial charge in [-0.1, -0.05) is 0 Å². The van der Waals surface area contributed by atoms with Gasteiger partial charge in [-0.2, -0.15) is 5.10 Å². The lowest BCUT2D eigenvalue weighted by atomic mass is 10.1. The van der Waals surface area contributed by atoms with Crippen LogP contribution in [0.3, 0.4) is 0 Å². The summed E-state index contributed by atoms with van der Waals surface area (Å²) in [5, 5.41) is 6.41. The first-order chi connectivity index (χ1) is 6.79. The Hall–Kier alpha value is -1.95. The van der Waals surface area contributed by atoms with Gasteiger partial charge >= 0.3 is 0 Å². The predicted molar refractivity (Wildman–Crippen MR) is 51.1 cm³/mol. The number of H-pyrrole nitrogens is 1. The average Bonchev–Trinajstić information content (AvgIpc) is 2.70. The third-order valence-electron chi connectivity index (χ3n) is 1.95. The maximum Gasteiger partial charge on any atom is 0.145 e. The van der Waals surface area contributed by atoms with Gasteiger partial charge in [-0.05, 0) is 6.07 Å². The molecule has 0 amide bonds. The van der Waals surface area contributed by atoms with Crippen LogP contribution in [-0.2, 0) is 0 Å². The molecule has 72 valence electrons. The molecular formula is C8H10N6. The van der Waals surface area contributed by atoms with Crippen LogP contribution in [0.5, 0.6) is 0 Å². The van der Waals surface area contributed by atoms with Crippen molar-refractivity contribution in [2.45, 2.75) is 6.04 Å². The molecule has 6 nitrogen and oxygen atoms in total. The van der Waals surface area contributed by atoms with E-state index in [0.29, 0.717) is 11.5 Å². The molecule has 0 aromatic carbocycles. The number of aromatic nitrogens is 4. The summed E-state index contributed by atoms with van der Waals surface area (Å²) < 4.78 is 0. The molecule has 0 aliphatic rings. The number of nitrogen functional groups attached to an aromatic ring is 1. The van der Waals surface area contributed by atoms with Gasteiger partial charge in [0.1, 0.15) is 12.2 Å². The number of nitrogens with zero attached hydrogens (tertiary/aromatic N) is 3. The number of nitrogens with one attached hydrogen (secondary N) is 1. The first kappa shape index (κ1) is 8.64. The minimum Gasteiger partial charge on any atom is -0.398 e. The van der Waals surface area contributed by atoms with E-state index in [1.807, 2.05) is 0 Å². The van der Waals surface area contributed by atoms with E-state index in [1.165, 1.54) is 6.33 Å². The summed E-state index contributed by atoms with van der Waals surface area (Å²) in [6.45, 7) is 0. The third-order valence-corrected chi connectivity index (χ3v) is 1.95. The van der Waals surface area contributed by atoms with Gasteiger partial charge in [-0.3, -0.25) is 10.1 Å². The van der Waals surface area contributed by atoms with E-state index in [0.717, 1.165) is 5.56 Å². The number of rotatable bonds is 2. The number of aromatic amines is 1. The van der Waals surface area contributed by atoms with Crippen molar-refractivity contribution < 1.29 is 0 Å². The van der Waals surface area contributed by atoms with Crippen LogP contribution in [-0.4, -0.2) is 20.2 Å². The Bertz CT molecular complexity index is 410. The number of pyridine rings is 1. The molecule has 1 unspecified atom stereocenters. The molecule has 0 radical (unpaired) electrons. The highest BCUT2D eigenvalue weighted by Gasteiger charge is 2.14. The Morgan fingerprint density at radius 3 is 2.93 bits per heavy atom. The van der Waals surface area contributed by atoms with Crippen LogP contribution in [0.15, 0.2) is 24.8 Å². The van der Waals surface area contributed by atoms with E-state index in [9.17, 15) is 0 Å². The summed E-state index contributed by atoms with van der Waals surface area (Å²) in [6, 6.07) is 1.29. The Labute approximate surface area is 80.4 Å². The van der Waals surface area contributed by atoms with Crippen molar-refractivity contribution >= 4 is 5.69 Å². The van der Waals surface area contributed by atoms with Crippen LogP contribution in [0.4, 0.5) is 5.69 Å². The first-order valence-corrected chi connectivity index (χ1v) is 4.09. The summed E-state index contributed by atoms with van der Waals surface area (Å²) in [6.07, 6.45) is 4.65. The molecule has 5 N–H and O–H groups in total. The molecule has 0 saturated heterocycles. The van der Waals surface area contributed by atoms with E-state index in [2.05, 4.69) is 20.2 Å². The summed E-state index contributed by atoms with van der Waals surface area (Å²) in [4.78, 5) is 7.91. The molecule has 2 aromatic heterocycles. The van der Waals surface area contributed by atoms with Gasteiger partial charge in [-0.25, -0.2) is 4.98 Å². The minimum atomic E-state index is -0.411. The van der Waals surface area contributed by atoms with E-state index < -0.39 is 6.04 Å². The van der Waals surface area contributed by atoms with Crippen molar-refractivity contribution in [3.63, 3.8) is 0 Å². The summed E-state index contributed by atoms with van der Waals surface area (Å²) in [7, 11) is 0. The summed E-state index contributed by atoms with van der Waals surface area (Å²) in [5.74, 6) is 0.574. The van der Waals surface area contributed by atoms with Crippen molar-refractivity contribution in [1.29, 1.82) is 0 Å². The second kappa shape index (κ2) is 3.43. The standard InChI is InChI=1S/C8H10N6/c9-6-1-2-11-3-5(6)7(10)8-12-4-13-14-8/h1-4,7H,10H2,(H2,9,11)(H,12,13,14). The molecule has 2 rings (SSSR count). The molecule has 0 aliphatic carbocycles. The maximum atomic E-state index is 5.91. The Balaban J connectivity index is 2.37. The lowest BCUT2D eigenvalue weighted by molar-refractivity contribution is 0.785. The third kappa shape index (κ3) is 1.42. The lowest BCUT2D eigenvalue weighted by Gasteiger charge is -2.10. The monoisotopic (exact) mass is 190 g/mol. The van der Waals surface area contributed by atoms with Crippen molar-refractivity contribution in [3.8, 4) is 0 Å². The van der Waals surface area contributed by atoms with Gasteiger partial charge in [-0.15, -0.1) is 0 Å². The van der Waals surface area contributed by atoms with Crippen LogP contribution < -0.4 is 11.5 Å². The van der Waals surface area contributed by atoms with E-state index in [1.54, 1.807) is 18.5 Å². The van der Waals surface area contributed by atoms with E-state index in [-0.39, 0.29) is 0 Å². The second-order valence-corrected chi connectivity index (χ2v) is 2.85. The zero-order valence-electron chi connectivity index (χ0n) is 7.38. The highest BCUT2D eigenvalue weighted by Crippen LogP contribution is 2.20. The Morgan fingerprint density at radius 2 is 2.29 bits per heavy atom. The topological polar surface area (TPSA) is 106 Å². The molecular weight excluding hydrogens is 180 g/mol. The van der Waals surface area contributed by atoms with Crippen molar-refractivity contribution in [2.75, 3.05) is 5.73 Å². The highest BCUT2D eigenvalue weighted by molar-refractivity contribution is 5.47. The van der Waals surface area contributed by atoms with Gasteiger partial charge in [0.15, 0.2) is 0 Å². The van der Waals surface area contributed by atoms with Gasteiger partial charge in [0.2, 0.25) is 0 Å².